The minimum absolute atomic E-state index is 0.0222. The van der Waals surface area contributed by atoms with Crippen molar-refractivity contribution >= 4 is 17.5 Å². The molecule has 0 fully saturated rings. The van der Waals surface area contributed by atoms with Crippen molar-refractivity contribution in [3.8, 4) is 0 Å². The molecule has 8 heteroatoms. The average Bonchev–Trinajstić information content (AvgIpc) is 2.90. The van der Waals surface area contributed by atoms with Crippen molar-refractivity contribution in [2.75, 3.05) is 6.61 Å². The summed E-state index contributed by atoms with van der Waals surface area (Å²) >= 11 is 5.61. The Labute approximate surface area is 134 Å². The van der Waals surface area contributed by atoms with Crippen LogP contribution in [-0.2, 0) is 6.18 Å². The van der Waals surface area contributed by atoms with Gasteiger partial charge in [-0.1, -0.05) is 17.7 Å². The Kier molecular flexibility index (Phi) is 5.01. The van der Waals surface area contributed by atoms with E-state index in [2.05, 4.69) is 5.32 Å². The summed E-state index contributed by atoms with van der Waals surface area (Å²) in [4.78, 5) is 12.1. The van der Waals surface area contributed by atoms with E-state index in [9.17, 15) is 23.1 Å². The van der Waals surface area contributed by atoms with Crippen LogP contribution in [0.4, 0.5) is 13.2 Å². The molecule has 0 aliphatic carbocycles. The van der Waals surface area contributed by atoms with Crippen LogP contribution in [0.15, 0.2) is 34.9 Å². The van der Waals surface area contributed by atoms with Gasteiger partial charge in [-0.15, -0.1) is 0 Å². The van der Waals surface area contributed by atoms with Crippen molar-refractivity contribution in [3.05, 3.63) is 58.0 Å². The largest absolute Gasteiger partial charge is 0.459 e. The molecule has 23 heavy (non-hydrogen) atoms. The highest BCUT2D eigenvalue weighted by molar-refractivity contribution is 6.30. The van der Waals surface area contributed by atoms with E-state index >= 15 is 0 Å². The van der Waals surface area contributed by atoms with Gasteiger partial charge in [-0.2, -0.15) is 13.2 Å². The predicted octanol–water partition coefficient (Wildman–Crippen LogP) is 3.72. The van der Waals surface area contributed by atoms with Crippen molar-refractivity contribution in [2.24, 2.45) is 0 Å². The van der Waals surface area contributed by atoms with Crippen LogP contribution in [-0.4, -0.2) is 17.6 Å². The fourth-order valence-corrected chi connectivity index (χ4v) is 2.30. The van der Waals surface area contributed by atoms with E-state index < -0.39 is 30.3 Å². The summed E-state index contributed by atoms with van der Waals surface area (Å²) in [5, 5.41) is 11.6. The lowest BCUT2D eigenvalue weighted by Crippen LogP contribution is -2.32. The van der Waals surface area contributed by atoms with Crippen LogP contribution >= 0.6 is 11.6 Å². The van der Waals surface area contributed by atoms with Gasteiger partial charge in [0.1, 0.15) is 0 Å². The zero-order valence-electron chi connectivity index (χ0n) is 11.9. The number of aryl methyl sites for hydroxylation is 1. The number of furan rings is 1. The second kappa shape index (κ2) is 6.64. The number of carbonyl (C=O) groups excluding carboxylic acids is 1. The molecule has 2 rings (SSSR count). The second-order valence-corrected chi connectivity index (χ2v) is 5.31. The Morgan fingerprint density at radius 2 is 2.09 bits per heavy atom. The number of nitrogens with one attached hydrogen (secondary N) is 1. The van der Waals surface area contributed by atoms with E-state index in [1.807, 2.05) is 0 Å². The minimum atomic E-state index is -4.67. The van der Waals surface area contributed by atoms with Crippen LogP contribution in [0, 0.1) is 6.92 Å². The third-order valence-electron chi connectivity index (χ3n) is 3.25. The summed E-state index contributed by atoms with van der Waals surface area (Å²) in [6, 6.07) is 3.44. The maximum atomic E-state index is 13.1. The molecule has 2 aromatic rings. The van der Waals surface area contributed by atoms with Crippen molar-refractivity contribution in [3.63, 3.8) is 0 Å². The summed E-state index contributed by atoms with van der Waals surface area (Å²) < 4.78 is 44.4. The number of carbonyl (C=O) groups is 1. The Hall–Kier alpha value is -1.99. The first-order valence-electron chi connectivity index (χ1n) is 6.56. The zero-order chi connectivity index (χ0) is 17.2. The molecule has 0 aliphatic rings. The summed E-state index contributed by atoms with van der Waals surface area (Å²) in [6.07, 6.45) is -3.37. The topological polar surface area (TPSA) is 62.5 Å². The van der Waals surface area contributed by atoms with Crippen molar-refractivity contribution in [1.82, 2.24) is 5.32 Å². The average molecular weight is 348 g/mol. The molecule has 1 heterocycles. The molecule has 0 spiro atoms. The number of alkyl halides is 3. The highest BCUT2D eigenvalue weighted by Gasteiger charge is 2.36. The minimum Gasteiger partial charge on any atom is -0.459 e. The molecule has 0 saturated heterocycles. The number of aliphatic hydroxyl groups excluding tert-OH is 1. The van der Waals surface area contributed by atoms with Gasteiger partial charge in [0, 0.05) is 10.6 Å². The van der Waals surface area contributed by atoms with Crippen LogP contribution in [0.2, 0.25) is 5.02 Å². The van der Waals surface area contributed by atoms with Gasteiger partial charge < -0.3 is 14.8 Å². The van der Waals surface area contributed by atoms with Crippen LogP contribution in [0.1, 0.15) is 33.3 Å². The molecule has 0 bridgehead atoms. The standard InChI is InChI=1S/C15H13ClF3NO3/c1-8-4-5-23-13(8)14(22)20-12(7-21)10-3-2-9(16)6-11(10)15(17,18)19/h2-6,12,21H,7H2,1H3,(H,20,22)/t12-/m1/s1. The quantitative estimate of drug-likeness (QED) is 0.886. The fraction of sp³-hybridized carbons (Fsp3) is 0.267. The Bertz CT molecular complexity index is 712. The van der Waals surface area contributed by atoms with E-state index in [4.69, 9.17) is 16.0 Å². The lowest BCUT2D eigenvalue weighted by atomic mass is 10.00. The van der Waals surface area contributed by atoms with E-state index in [0.29, 0.717) is 5.56 Å². The van der Waals surface area contributed by atoms with Crippen LogP contribution < -0.4 is 5.32 Å². The molecular weight excluding hydrogens is 335 g/mol. The Morgan fingerprint density at radius 1 is 1.39 bits per heavy atom. The molecule has 1 atom stereocenters. The summed E-state index contributed by atoms with van der Waals surface area (Å²) in [7, 11) is 0. The molecule has 1 amide bonds. The molecule has 1 aromatic carbocycles. The van der Waals surface area contributed by atoms with E-state index in [0.717, 1.165) is 12.1 Å². The number of amides is 1. The van der Waals surface area contributed by atoms with Gasteiger partial charge >= 0.3 is 6.18 Å². The number of aliphatic hydroxyl groups is 1. The molecule has 4 nitrogen and oxygen atoms in total. The first-order valence-corrected chi connectivity index (χ1v) is 6.94. The SMILES string of the molecule is Cc1ccoc1C(=O)N[C@H](CO)c1ccc(Cl)cc1C(F)(F)F. The lowest BCUT2D eigenvalue weighted by molar-refractivity contribution is -0.138. The number of hydrogen-bond donors (Lipinski definition) is 2. The smallest absolute Gasteiger partial charge is 0.416 e. The van der Waals surface area contributed by atoms with E-state index in [-0.39, 0.29) is 16.3 Å². The molecule has 0 aliphatic heterocycles. The molecule has 0 saturated carbocycles. The zero-order valence-corrected chi connectivity index (χ0v) is 12.7. The molecule has 1 aromatic heterocycles. The lowest BCUT2D eigenvalue weighted by Gasteiger charge is -2.21. The molecule has 0 radical (unpaired) electrons. The monoisotopic (exact) mass is 347 g/mol. The number of halogens is 4. The van der Waals surface area contributed by atoms with Gasteiger partial charge in [-0.3, -0.25) is 4.79 Å². The molecule has 2 N–H and O–H groups in total. The third kappa shape index (κ3) is 3.86. The normalized spacial score (nSPS) is 13.0. The fourth-order valence-electron chi connectivity index (χ4n) is 2.13. The van der Waals surface area contributed by atoms with Crippen molar-refractivity contribution < 1.29 is 27.5 Å². The summed E-state index contributed by atoms with van der Waals surface area (Å²) in [6.45, 7) is 0.909. The second-order valence-electron chi connectivity index (χ2n) is 4.87. The van der Waals surface area contributed by atoms with Gasteiger partial charge in [0.2, 0.25) is 0 Å². The molecule has 124 valence electrons. The van der Waals surface area contributed by atoms with E-state index in [1.165, 1.54) is 12.3 Å². The summed E-state index contributed by atoms with van der Waals surface area (Å²) in [5.41, 5.74) is -0.756. The molecular formula is C15H13ClF3NO3. The van der Waals surface area contributed by atoms with Gasteiger partial charge in [-0.05, 0) is 30.7 Å². The maximum Gasteiger partial charge on any atom is 0.416 e. The maximum absolute atomic E-state index is 13.1. The molecule has 0 unspecified atom stereocenters. The predicted molar refractivity (Wildman–Crippen MR) is 77.2 cm³/mol. The van der Waals surface area contributed by atoms with Crippen molar-refractivity contribution in [1.29, 1.82) is 0 Å². The summed E-state index contributed by atoms with van der Waals surface area (Å²) in [5.74, 6) is -0.736. The van der Waals surface area contributed by atoms with Crippen LogP contribution in [0.3, 0.4) is 0 Å². The van der Waals surface area contributed by atoms with Gasteiger partial charge in [0.05, 0.1) is 24.5 Å². The highest BCUT2D eigenvalue weighted by atomic mass is 35.5. The first-order chi connectivity index (χ1) is 10.7. The Balaban J connectivity index is 2.35. The van der Waals surface area contributed by atoms with Gasteiger partial charge in [-0.25, -0.2) is 0 Å². The number of benzene rings is 1. The van der Waals surface area contributed by atoms with Crippen molar-refractivity contribution in [2.45, 2.75) is 19.1 Å². The number of rotatable bonds is 4. The number of hydrogen-bond acceptors (Lipinski definition) is 3. The van der Waals surface area contributed by atoms with E-state index in [1.54, 1.807) is 13.0 Å². The Morgan fingerprint density at radius 3 is 2.61 bits per heavy atom. The van der Waals surface area contributed by atoms with Crippen LogP contribution in [0.5, 0.6) is 0 Å². The van der Waals surface area contributed by atoms with Crippen LogP contribution in [0.25, 0.3) is 0 Å². The first kappa shape index (κ1) is 17.4. The third-order valence-corrected chi connectivity index (χ3v) is 3.49. The highest BCUT2D eigenvalue weighted by Crippen LogP contribution is 2.36. The van der Waals surface area contributed by atoms with Gasteiger partial charge in [0.15, 0.2) is 5.76 Å². The van der Waals surface area contributed by atoms with Gasteiger partial charge in [0.25, 0.3) is 5.91 Å².